The number of hydrogen-bond acceptors (Lipinski definition) is 5. The maximum atomic E-state index is 11.7. The Labute approximate surface area is 130 Å². The van der Waals surface area contributed by atoms with E-state index < -0.39 is 0 Å². The van der Waals surface area contributed by atoms with E-state index in [2.05, 4.69) is 26.8 Å². The summed E-state index contributed by atoms with van der Waals surface area (Å²) in [6.07, 6.45) is 0. The number of alkyl halides is 1. The lowest BCUT2D eigenvalue weighted by atomic mass is 10.2. The third-order valence-corrected chi connectivity index (χ3v) is 4.77. The number of hydrazine groups is 1. The van der Waals surface area contributed by atoms with Gasteiger partial charge in [0, 0.05) is 10.2 Å². The number of methoxy groups -OCH3 is 1. The molecule has 0 fully saturated rings. The largest absolute Gasteiger partial charge is 0.465 e. The van der Waals surface area contributed by atoms with Crippen LogP contribution in [0.25, 0.3) is 0 Å². The van der Waals surface area contributed by atoms with E-state index in [0.29, 0.717) is 10.2 Å². The SMILES string of the molecule is COC(=O)c1sc(CBr)cc1NNc1ccc(C)cc1. The van der Waals surface area contributed by atoms with Crippen molar-refractivity contribution in [3.05, 3.63) is 45.6 Å². The predicted molar refractivity (Wildman–Crippen MR) is 86.7 cm³/mol. The smallest absolute Gasteiger partial charge is 0.350 e. The molecule has 2 aromatic rings. The Hall–Kier alpha value is -1.53. The number of esters is 1. The van der Waals surface area contributed by atoms with Crippen LogP contribution in [0.2, 0.25) is 0 Å². The van der Waals surface area contributed by atoms with Crippen molar-refractivity contribution in [3.8, 4) is 0 Å². The standard InChI is InChI=1S/C14H15BrN2O2S/c1-9-3-5-10(6-4-9)16-17-12-7-11(8-15)20-13(12)14(18)19-2/h3-7,16-17H,8H2,1-2H3. The van der Waals surface area contributed by atoms with Crippen LogP contribution < -0.4 is 10.9 Å². The monoisotopic (exact) mass is 354 g/mol. The average Bonchev–Trinajstić information content (AvgIpc) is 2.89. The van der Waals surface area contributed by atoms with Gasteiger partial charge in [0.15, 0.2) is 0 Å². The molecule has 0 saturated heterocycles. The van der Waals surface area contributed by atoms with Gasteiger partial charge in [0.2, 0.25) is 0 Å². The fourth-order valence-electron chi connectivity index (χ4n) is 1.62. The molecule has 0 amide bonds. The Bertz CT molecular complexity index is 596. The number of thiophene rings is 1. The number of aryl methyl sites for hydroxylation is 1. The Morgan fingerprint density at radius 3 is 2.60 bits per heavy atom. The summed E-state index contributed by atoms with van der Waals surface area (Å²) in [5.74, 6) is -0.338. The maximum absolute atomic E-state index is 11.7. The number of ether oxygens (including phenoxy) is 1. The zero-order chi connectivity index (χ0) is 14.5. The first-order chi connectivity index (χ1) is 9.63. The lowest BCUT2D eigenvalue weighted by Crippen LogP contribution is -2.11. The third kappa shape index (κ3) is 3.52. The number of carbonyl (C=O) groups is 1. The Balaban J connectivity index is 2.13. The number of nitrogens with one attached hydrogen (secondary N) is 2. The second-order valence-corrected chi connectivity index (χ2v) is 5.89. The molecule has 2 N–H and O–H groups in total. The van der Waals surface area contributed by atoms with Crippen LogP contribution in [-0.4, -0.2) is 13.1 Å². The molecular weight excluding hydrogens is 340 g/mol. The molecule has 0 aliphatic carbocycles. The number of anilines is 2. The zero-order valence-electron chi connectivity index (χ0n) is 11.2. The summed E-state index contributed by atoms with van der Waals surface area (Å²) < 4.78 is 4.79. The normalized spacial score (nSPS) is 10.2. The van der Waals surface area contributed by atoms with Crippen LogP contribution in [0.1, 0.15) is 20.1 Å². The molecule has 2 rings (SSSR count). The van der Waals surface area contributed by atoms with Crippen molar-refractivity contribution in [1.82, 2.24) is 0 Å². The van der Waals surface area contributed by atoms with E-state index in [4.69, 9.17) is 4.74 Å². The Morgan fingerprint density at radius 2 is 2.00 bits per heavy atom. The van der Waals surface area contributed by atoms with Crippen LogP contribution in [-0.2, 0) is 10.1 Å². The van der Waals surface area contributed by atoms with Gasteiger partial charge in [0.25, 0.3) is 0 Å². The van der Waals surface area contributed by atoms with Gasteiger partial charge in [0.05, 0.1) is 18.5 Å². The highest BCUT2D eigenvalue weighted by molar-refractivity contribution is 9.08. The third-order valence-electron chi connectivity index (χ3n) is 2.68. The fraction of sp³-hybridized carbons (Fsp3) is 0.214. The maximum Gasteiger partial charge on any atom is 0.350 e. The van der Waals surface area contributed by atoms with E-state index in [1.54, 1.807) is 0 Å². The van der Waals surface area contributed by atoms with Gasteiger partial charge in [-0.3, -0.25) is 5.43 Å². The Morgan fingerprint density at radius 1 is 1.30 bits per heavy atom. The molecule has 0 saturated carbocycles. The van der Waals surface area contributed by atoms with Gasteiger partial charge in [0.1, 0.15) is 4.88 Å². The van der Waals surface area contributed by atoms with E-state index in [1.165, 1.54) is 24.0 Å². The number of rotatable bonds is 5. The van der Waals surface area contributed by atoms with Gasteiger partial charge in [-0.1, -0.05) is 33.6 Å². The number of hydrogen-bond donors (Lipinski definition) is 2. The molecule has 0 spiro atoms. The van der Waals surface area contributed by atoms with E-state index in [1.807, 2.05) is 37.3 Å². The van der Waals surface area contributed by atoms with Crippen LogP contribution in [0.3, 0.4) is 0 Å². The van der Waals surface area contributed by atoms with Crippen LogP contribution in [0.5, 0.6) is 0 Å². The number of benzene rings is 1. The number of carbonyl (C=O) groups excluding carboxylic acids is 1. The molecule has 4 nitrogen and oxygen atoms in total. The topological polar surface area (TPSA) is 50.4 Å². The van der Waals surface area contributed by atoms with Gasteiger partial charge in [-0.15, -0.1) is 11.3 Å². The minimum absolute atomic E-state index is 0.338. The average molecular weight is 355 g/mol. The highest BCUT2D eigenvalue weighted by Crippen LogP contribution is 2.29. The van der Waals surface area contributed by atoms with Gasteiger partial charge in [-0.25, -0.2) is 4.79 Å². The van der Waals surface area contributed by atoms with Crippen molar-refractivity contribution >= 4 is 44.6 Å². The lowest BCUT2D eigenvalue weighted by molar-refractivity contribution is 0.0607. The summed E-state index contributed by atoms with van der Waals surface area (Å²) in [6.45, 7) is 2.04. The summed E-state index contributed by atoms with van der Waals surface area (Å²) in [7, 11) is 1.38. The molecule has 0 bridgehead atoms. The quantitative estimate of drug-likeness (QED) is 0.480. The van der Waals surface area contributed by atoms with E-state index >= 15 is 0 Å². The molecular formula is C14H15BrN2O2S. The molecule has 0 aliphatic rings. The first kappa shape index (κ1) is 14.9. The summed E-state index contributed by atoms with van der Waals surface area (Å²) in [5, 5.41) is 0.702. The van der Waals surface area contributed by atoms with Crippen molar-refractivity contribution in [1.29, 1.82) is 0 Å². The minimum atomic E-state index is -0.338. The highest BCUT2D eigenvalue weighted by Gasteiger charge is 2.16. The van der Waals surface area contributed by atoms with E-state index in [-0.39, 0.29) is 5.97 Å². The molecule has 0 aliphatic heterocycles. The summed E-state index contributed by atoms with van der Waals surface area (Å²) in [5.41, 5.74) is 8.98. The molecule has 0 unspecified atom stereocenters. The first-order valence-corrected chi connectivity index (χ1v) is 7.93. The molecule has 6 heteroatoms. The number of halogens is 1. The first-order valence-electron chi connectivity index (χ1n) is 5.99. The van der Waals surface area contributed by atoms with Crippen LogP contribution in [0.4, 0.5) is 11.4 Å². The van der Waals surface area contributed by atoms with Crippen LogP contribution in [0, 0.1) is 6.92 Å². The van der Waals surface area contributed by atoms with Crippen LogP contribution in [0.15, 0.2) is 30.3 Å². The van der Waals surface area contributed by atoms with Crippen molar-refractivity contribution < 1.29 is 9.53 Å². The highest BCUT2D eigenvalue weighted by atomic mass is 79.9. The van der Waals surface area contributed by atoms with Crippen LogP contribution >= 0.6 is 27.3 Å². The van der Waals surface area contributed by atoms with Gasteiger partial charge in [-0.2, -0.15) is 0 Å². The molecule has 20 heavy (non-hydrogen) atoms. The molecule has 106 valence electrons. The van der Waals surface area contributed by atoms with E-state index in [9.17, 15) is 4.79 Å². The molecule has 1 aromatic carbocycles. The second-order valence-electron chi connectivity index (χ2n) is 4.20. The minimum Gasteiger partial charge on any atom is -0.465 e. The molecule has 0 atom stereocenters. The van der Waals surface area contributed by atoms with Crippen molar-refractivity contribution in [3.63, 3.8) is 0 Å². The second kappa shape index (κ2) is 6.76. The van der Waals surface area contributed by atoms with Gasteiger partial charge >= 0.3 is 5.97 Å². The molecule has 1 heterocycles. The summed E-state index contributed by atoms with van der Waals surface area (Å²) >= 11 is 4.80. The Kier molecular flexibility index (Phi) is 5.03. The fourth-order valence-corrected chi connectivity index (χ4v) is 3.01. The van der Waals surface area contributed by atoms with E-state index in [0.717, 1.165) is 16.3 Å². The van der Waals surface area contributed by atoms with Crippen molar-refractivity contribution in [2.24, 2.45) is 0 Å². The summed E-state index contributed by atoms with van der Waals surface area (Å²) in [4.78, 5) is 13.3. The van der Waals surface area contributed by atoms with Crippen molar-refractivity contribution in [2.45, 2.75) is 12.3 Å². The zero-order valence-corrected chi connectivity index (χ0v) is 13.6. The molecule has 0 radical (unpaired) electrons. The van der Waals surface area contributed by atoms with Gasteiger partial charge < -0.3 is 10.2 Å². The van der Waals surface area contributed by atoms with Crippen molar-refractivity contribution in [2.75, 3.05) is 18.0 Å². The molecule has 1 aromatic heterocycles. The predicted octanol–water partition coefficient (Wildman–Crippen LogP) is 4.18. The summed E-state index contributed by atoms with van der Waals surface area (Å²) in [6, 6.07) is 9.90. The van der Waals surface area contributed by atoms with Gasteiger partial charge in [-0.05, 0) is 25.1 Å². The lowest BCUT2D eigenvalue weighted by Gasteiger charge is -2.09.